The molecule has 3 aromatic heterocycles. The minimum Gasteiger partial charge on any atom is -0.333 e. The third-order valence-electron chi connectivity index (χ3n) is 4.09. The largest absolute Gasteiger partial charge is 0.333 e. The summed E-state index contributed by atoms with van der Waals surface area (Å²) in [5.41, 5.74) is 2.77. The Morgan fingerprint density at radius 2 is 1.96 bits per heavy atom. The number of aromatic nitrogens is 6. The highest BCUT2D eigenvalue weighted by atomic mass is 32.2. The third kappa shape index (κ3) is 3.00. The fraction of sp³-hybridized carbons (Fsp3) is 0.0588. The summed E-state index contributed by atoms with van der Waals surface area (Å²) >= 11 is 2.92. The maximum atomic E-state index is 10.8. The van der Waals surface area contributed by atoms with E-state index in [4.69, 9.17) is 0 Å². The maximum absolute atomic E-state index is 10.8. The number of rotatable bonds is 5. The second kappa shape index (κ2) is 6.69. The Balaban J connectivity index is 1.39. The average Bonchev–Trinajstić information content (AvgIpc) is 3.40. The number of nitro benzene ring substituents is 1. The van der Waals surface area contributed by atoms with Gasteiger partial charge in [0.15, 0.2) is 11.0 Å². The van der Waals surface area contributed by atoms with Crippen molar-refractivity contribution in [2.24, 2.45) is 0 Å². The zero-order valence-electron chi connectivity index (χ0n) is 14.1. The molecule has 1 N–H and O–H groups in total. The fourth-order valence-electron chi connectivity index (χ4n) is 2.72. The quantitative estimate of drug-likeness (QED) is 0.266. The van der Waals surface area contributed by atoms with Crippen LogP contribution in [0.4, 0.5) is 5.69 Å². The summed E-state index contributed by atoms with van der Waals surface area (Å²) in [7, 11) is 0. The molecule has 0 atom stereocenters. The van der Waals surface area contributed by atoms with Crippen molar-refractivity contribution in [2.45, 2.75) is 10.9 Å². The van der Waals surface area contributed by atoms with Crippen molar-refractivity contribution < 1.29 is 4.92 Å². The van der Waals surface area contributed by atoms with Crippen LogP contribution in [0, 0.1) is 10.1 Å². The lowest BCUT2D eigenvalue weighted by atomic mass is 10.2. The summed E-state index contributed by atoms with van der Waals surface area (Å²) in [6.45, 7) is 0. The van der Waals surface area contributed by atoms with E-state index in [1.165, 1.54) is 35.2 Å². The number of non-ortho nitro benzene ring substituents is 1. The van der Waals surface area contributed by atoms with Gasteiger partial charge in [-0.05, 0) is 24.3 Å². The Morgan fingerprint density at radius 1 is 1.14 bits per heavy atom. The molecular formula is C17H11N7O2S2. The summed E-state index contributed by atoms with van der Waals surface area (Å²) in [6.07, 6.45) is 0. The lowest BCUT2D eigenvalue weighted by molar-refractivity contribution is -0.384. The zero-order chi connectivity index (χ0) is 19.1. The van der Waals surface area contributed by atoms with Crippen LogP contribution < -0.4 is 0 Å². The molecule has 0 spiro atoms. The molecule has 0 aliphatic carbocycles. The number of H-pyrrole nitrogens is 1. The molecule has 5 rings (SSSR count). The van der Waals surface area contributed by atoms with E-state index in [0.717, 1.165) is 26.8 Å². The summed E-state index contributed by atoms with van der Waals surface area (Å²) < 4.78 is 1.71. The monoisotopic (exact) mass is 409 g/mol. The first-order chi connectivity index (χ1) is 13.7. The number of hydrogen-bond acceptors (Lipinski definition) is 8. The first-order valence-electron chi connectivity index (χ1n) is 8.21. The van der Waals surface area contributed by atoms with E-state index in [-0.39, 0.29) is 5.69 Å². The lowest BCUT2D eigenvalue weighted by Crippen LogP contribution is -1.94. The summed E-state index contributed by atoms with van der Waals surface area (Å²) in [6, 6.07) is 14.2. The summed E-state index contributed by atoms with van der Waals surface area (Å²) in [4.78, 5) is 18.9. The highest BCUT2D eigenvalue weighted by Gasteiger charge is 2.15. The Kier molecular flexibility index (Phi) is 4.02. The van der Waals surface area contributed by atoms with Gasteiger partial charge in [0.1, 0.15) is 5.01 Å². The molecule has 28 heavy (non-hydrogen) atoms. The van der Waals surface area contributed by atoms with Crippen LogP contribution in [0.3, 0.4) is 0 Å². The first kappa shape index (κ1) is 16.8. The molecule has 5 aromatic rings. The molecule has 0 aliphatic rings. The molecule has 9 nitrogen and oxygen atoms in total. The molecule has 0 amide bonds. The van der Waals surface area contributed by atoms with Crippen LogP contribution in [0.25, 0.3) is 26.6 Å². The highest BCUT2D eigenvalue weighted by Crippen LogP contribution is 2.28. The van der Waals surface area contributed by atoms with Gasteiger partial charge in [-0.1, -0.05) is 35.2 Å². The van der Waals surface area contributed by atoms with Crippen molar-refractivity contribution >= 4 is 44.8 Å². The molecule has 0 bridgehead atoms. The van der Waals surface area contributed by atoms with Crippen molar-refractivity contribution in [1.82, 2.24) is 29.8 Å². The number of thioether (sulfide) groups is 1. The molecule has 11 heteroatoms. The topological polar surface area (TPSA) is 115 Å². The number of para-hydroxylation sites is 2. The van der Waals surface area contributed by atoms with Crippen molar-refractivity contribution in [2.75, 3.05) is 0 Å². The second-order valence-corrected chi connectivity index (χ2v) is 7.79. The predicted molar refractivity (Wildman–Crippen MR) is 106 cm³/mol. The van der Waals surface area contributed by atoms with Crippen molar-refractivity contribution in [3.05, 3.63) is 64.5 Å². The molecule has 0 saturated heterocycles. The van der Waals surface area contributed by atoms with Crippen LogP contribution in [0.1, 0.15) is 5.82 Å². The van der Waals surface area contributed by atoms with Gasteiger partial charge in [0.25, 0.3) is 5.69 Å². The Morgan fingerprint density at radius 3 is 2.75 bits per heavy atom. The Labute approximate surface area is 165 Å². The number of benzene rings is 2. The molecular weight excluding hydrogens is 398 g/mol. The van der Waals surface area contributed by atoms with Gasteiger partial charge in [-0.3, -0.25) is 10.1 Å². The number of hydrogen-bond donors (Lipinski definition) is 1. The lowest BCUT2D eigenvalue weighted by Gasteiger charge is -1.96. The van der Waals surface area contributed by atoms with Crippen LogP contribution in [-0.4, -0.2) is 34.7 Å². The normalized spacial score (nSPS) is 11.4. The number of fused-ring (bicyclic) bond motifs is 2. The summed E-state index contributed by atoms with van der Waals surface area (Å²) in [5, 5.41) is 25.3. The zero-order valence-corrected chi connectivity index (χ0v) is 15.8. The standard InChI is InChI=1S/C17H11N7O2S2/c25-24(26)11-7-5-10(6-8-11)15-22-23-14(20-21-17(23)28-15)9-27-16-18-12-3-1-2-4-13(12)19-16/h1-8H,9H2,(H,18,19). The minimum absolute atomic E-state index is 0.0506. The van der Waals surface area contributed by atoms with Crippen molar-refractivity contribution in [3.8, 4) is 10.6 Å². The van der Waals surface area contributed by atoms with Crippen LogP contribution in [0.5, 0.6) is 0 Å². The van der Waals surface area contributed by atoms with E-state index >= 15 is 0 Å². The first-order valence-corrected chi connectivity index (χ1v) is 10.0. The molecule has 3 heterocycles. The molecule has 0 radical (unpaired) electrons. The number of nitrogens with zero attached hydrogens (tertiary/aromatic N) is 6. The summed E-state index contributed by atoms with van der Waals surface area (Å²) in [5.74, 6) is 1.27. The van der Waals surface area contributed by atoms with Gasteiger partial charge < -0.3 is 4.98 Å². The van der Waals surface area contributed by atoms with Gasteiger partial charge in [-0.2, -0.15) is 9.61 Å². The van der Waals surface area contributed by atoms with E-state index in [1.54, 1.807) is 16.6 Å². The minimum atomic E-state index is -0.421. The molecule has 0 unspecified atom stereocenters. The van der Waals surface area contributed by atoms with E-state index in [9.17, 15) is 10.1 Å². The Hall–Kier alpha value is -3.31. The predicted octanol–water partition coefficient (Wildman–Crippen LogP) is 3.93. The number of imidazole rings is 1. The number of nitro groups is 1. The van der Waals surface area contributed by atoms with Gasteiger partial charge in [0, 0.05) is 17.7 Å². The number of nitrogens with one attached hydrogen (secondary N) is 1. The molecule has 2 aromatic carbocycles. The average molecular weight is 409 g/mol. The van der Waals surface area contributed by atoms with E-state index in [0.29, 0.717) is 16.5 Å². The molecule has 138 valence electrons. The van der Waals surface area contributed by atoms with Crippen LogP contribution >= 0.6 is 23.1 Å². The smallest absolute Gasteiger partial charge is 0.269 e. The third-order valence-corrected chi connectivity index (χ3v) is 5.90. The van der Waals surface area contributed by atoms with Gasteiger partial charge in [-0.25, -0.2) is 4.98 Å². The maximum Gasteiger partial charge on any atom is 0.269 e. The van der Waals surface area contributed by atoms with Gasteiger partial charge >= 0.3 is 0 Å². The van der Waals surface area contributed by atoms with Gasteiger partial charge in [0.05, 0.1) is 21.7 Å². The van der Waals surface area contributed by atoms with Gasteiger partial charge in [-0.15, -0.1) is 10.2 Å². The van der Waals surface area contributed by atoms with Crippen LogP contribution in [0.2, 0.25) is 0 Å². The molecule has 0 fully saturated rings. The molecule has 0 aliphatic heterocycles. The van der Waals surface area contributed by atoms with E-state index < -0.39 is 4.92 Å². The van der Waals surface area contributed by atoms with Crippen LogP contribution in [0.15, 0.2) is 53.7 Å². The van der Waals surface area contributed by atoms with E-state index in [2.05, 4.69) is 25.3 Å². The SMILES string of the molecule is O=[N+]([O-])c1ccc(-c2nn3c(CSc4nc5ccccc5[nH]4)nnc3s2)cc1. The Bertz CT molecular complexity index is 1270. The van der Waals surface area contributed by atoms with E-state index in [1.807, 2.05) is 24.3 Å². The molecule has 0 saturated carbocycles. The number of aromatic amines is 1. The highest BCUT2D eigenvalue weighted by molar-refractivity contribution is 7.98. The van der Waals surface area contributed by atoms with Gasteiger partial charge in [0.2, 0.25) is 4.96 Å². The van der Waals surface area contributed by atoms with Crippen molar-refractivity contribution in [1.29, 1.82) is 0 Å². The second-order valence-electron chi connectivity index (χ2n) is 5.87. The fourth-order valence-corrected chi connectivity index (χ4v) is 4.38. The van der Waals surface area contributed by atoms with Crippen LogP contribution in [-0.2, 0) is 5.75 Å². The van der Waals surface area contributed by atoms with Crippen molar-refractivity contribution in [3.63, 3.8) is 0 Å².